The molecule has 4 nitrogen and oxygen atoms in total. The summed E-state index contributed by atoms with van der Waals surface area (Å²) in [6.45, 7) is 2.00. The number of aryl methyl sites for hydroxylation is 1. The molecule has 0 aliphatic heterocycles. The average Bonchev–Trinajstić information content (AvgIpc) is 2.82. The molecule has 0 amide bonds. The van der Waals surface area contributed by atoms with Gasteiger partial charge < -0.3 is 5.11 Å². The number of nitrogens with zero attached hydrogens (tertiary/aromatic N) is 3. The lowest BCUT2D eigenvalue weighted by Crippen LogP contribution is -2.00. The summed E-state index contributed by atoms with van der Waals surface area (Å²) in [6.07, 6.45) is 3.47. The van der Waals surface area contributed by atoms with E-state index < -0.39 is 0 Å². The molecule has 1 aromatic carbocycles. The molecule has 0 atom stereocenters. The number of benzene rings is 1. The highest BCUT2D eigenvalue weighted by molar-refractivity contribution is 5.77. The number of aliphatic hydroxyl groups excluding tert-OH is 1. The van der Waals surface area contributed by atoms with E-state index in [0.717, 1.165) is 28.0 Å². The minimum Gasteiger partial charge on any atom is -0.392 e. The summed E-state index contributed by atoms with van der Waals surface area (Å²) < 4.78 is 1.96. The van der Waals surface area contributed by atoms with Crippen molar-refractivity contribution in [2.24, 2.45) is 0 Å². The molecule has 0 bridgehead atoms. The van der Waals surface area contributed by atoms with E-state index >= 15 is 0 Å². The Morgan fingerprint density at radius 1 is 1.22 bits per heavy atom. The Labute approximate surface area is 105 Å². The topological polar surface area (TPSA) is 50.9 Å². The molecule has 0 saturated carbocycles. The van der Waals surface area contributed by atoms with Crippen LogP contribution in [0.4, 0.5) is 0 Å². The van der Waals surface area contributed by atoms with Crippen molar-refractivity contribution < 1.29 is 5.11 Å². The van der Waals surface area contributed by atoms with Crippen molar-refractivity contribution in [3.05, 3.63) is 54.0 Å². The van der Waals surface area contributed by atoms with Crippen molar-refractivity contribution in [1.82, 2.24) is 14.5 Å². The number of rotatable bonds is 2. The van der Waals surface area contributed by atoms with Crippen molar-refractivity contribution >= 4 is 11.0 Å². The summed E-state index contributed by atoms with van der Waals surface area (Å²) in [7, 11) is 0. The molecule has 2 aromatic heterocycles. The maximum absolute atomic E-state index is 9.10. The van der Waals surface area contributed by atoms with Crippen LogP contribution < -0.4 is 0 Å². The van der Waals surface area contributed by atoms with E-state index in [1.807, 2.05) is 41.8 Å². The van der Waals surface area contributed by atoms with Crippen molar-refractivity contribution in [2.75, 3.05) is 0 Å². The fourth-order valence-corrected chi connectivity index (χ4v) is 2.09. The first-order chi connectivity index (χ1) is 8.79. The van der Waals surface area contributed by atoms with Gasteiger partial charge in [0, 0.05) is 6.20 Å². The van der Waals surface area contributed by atoms with Crippen molar-refractivity contribution in [3.63, 3.8) is 0 Å². The fraction of sp³-hybridized carbons (Fsp3) is 0.143. The second kappa shape index (κ2) is 4.23. The molecule has 2 heterocycles. The largest absolute Gasteiger partial charge is 0.392 e. The minimum atomic E-state index is 0.0127. The zero-order valence-electron chi connectivity index (χ0n) is 10.0. The number of aliphatic hydroxyl groups is 1. The van der Waals surface area contributed by atoms with Crippen LogP contribution >= 0.6 is 0 Å². The van der Waals surface area contributed by atoms with E-state index in [4.69, 9.17) is 5.11 Å². The summed E-state index contributed by atoms with van der Waals surface area (Å²) in [6, 6.07) is 9.89. The van der Waals surface area contributed by atoms with Crippen molar-refractivity contribution in [3.8, 4) is 5.82 Å². The van der Waals surface area contributed by atoms with Gasteiger partial charge in [0.05, 0.1) is 17.6 Å². The number of hydrogen-bond donors (Lipinski definition) is 1. The first-order valence-electron chi connectivity index (χ1n) is 5.78. The van der Waals surface area contributed by atoms with Crippen LogP contribution in [0.5, 0.6) is 0 Å². The van der Waals surface area contributed by atoms with Gasteiger partial charge in [-0.3, -0.25) is 4.57 Å². The predicted octanol–water partition coefficient (Wildman–Crippen LogP) is 2.22. The molecule has 3 rings (SSSR count). The number of imidazole rings is 1. The van der Waals surface area contributed by atoms with Crippen molar-refractivity contribution in [2.45, 2.75) is 13.5 Å². The lowest BCUT2D eigenvalue weighted by Gasteiger charge is -2.08. The van der Waals surface area contributed by atoms with E-state index in [-0.39, 0.29) is 6.61 Å². The van der Waals surface area contributed by atoms with Crippen molar-refractivity contribution in [1.29, 1.82) is 0 Å². The normalized spacial score (nSPS) is 11.0. The summed E-state index contributed by atoms with van der Waals surface area (Å²) in [5, 5.41) is 9.10. The maximum Gasteiger partial charge on any atom is 0.141 e. The number of fused-ring (bicyclic) bond motifs is 1. The first-order valence-corrected chi connectivity index (χ1v) is 5.78. The zero-order chi connectivity index (χ0) is 12.5. The quantitative estimate of drug-likeness (QED) is 0.746. The second-order valence-electron chi connectivity index (χ2n) is 4.25. The van der Waals surface area contributed by atoms with Crippen LogP contribution in [0.3, 0.4) is 0 Å². The van der Waals surface area contributed by atoms with Gasteiger partial charge in [0.2, 0.25) is 0 Å². The van der Waals surface area contributed by atoms with Crippen LogP contribution in [0.25, 0.3) is 16.9 Å². The molecule has 0 spiro atoms. The molecule has 0 saturated heterocycles. The van der Waals surface area contributed by atoms with E-state index in [0.29, 0.717) is 0 Å². The zero-order valence-corrected chi connectivity index (χ0v) is 10.0. The number of pyridine rings is 1. The Balaban J connectivity index is 2.20. The van der Waals surface area contributed by atoms with Crippen LogP contribution in [0, 0.1) is 6.92 Å². The monoisotopic (exact) mass is 239 g/mol. The van der Waals surface area contributed by atoms with Crippen LogP contribution in [-0.2, 0) is 6.61 Å². The lowest BCUT2D eigenvalue weighted by atomic mass is 10.2. The van der Waals surface area contributed by atoms with Crippen LogP contribution in [0.15, 0.2) is 42.9 Å². The molecule has 0 aliphatic carbocycles. The molecule has 90 valence electrons. The smallest absolute Gasteiger partial charge is 0.141 e. The third-order valence-electron chi connectivity index (χ3n) is 2.97. The lowest BCUT2D eigenvalue weighted by molar-refractivity contribution is 0.281. The Morgan fingerprint density at radius 3 is 2.83 bits per heavy atom. The third kappa shape index (κ3) is 1.67. The van der Waals surface area contributed by atoms with Gasteiger partial charge in [-0.15, -0.1) is 0 Å². The number of aromatic nitrogens is 3. The second-order valence-corrected chi connectivity index (χ2v) is 4.25. The SMILES string of the molecule is Cc1cc(CO)cnc1-n1cnc2ccccc21. The molecule has 18 heavy (non-hydrogen) atoms. The highest BCUT2D eigenvalue weighted by Crippen LogP contribution is 2.19. The summed E-state index contributed by atoms with van der Waals surface area (Å²) in [5.74, 6) is 0.848. The van der Waals surface area contributed by atoms with Gasteiger partial charge >= 0.3 is 0 Å². The molecular weight excluding hydrogens is 226 g/mol. The van der Waals surface area contributed by atoms with E-state index in [1.165, 1.54) is 0 Å². The van der Waals surface area contributed by atoms with Gasteiger partial charge in [0.15, 0.2) is 0 Å². The molecule has 0 unspecified atom stereocenters. The highest BCUT2D eigenvalue weighted by atomic mass is 16.3. The molecule has 0 fully saturated rings. The molecule has 3 aromatic rings. The van der Waals surface area contributed by atoms with Gasteiger partial charge in [0.1, 0.15) is 12.1 Å². The molecular formula is C14H13N3O. The minimum absolute atomic E-state index is 0.0127. The molecule has 4 heteroatoms. The molecule has 0 radical (unpaired) electrons. The van der Waals surface area contributed by atoms with Crippen LogP contribution in [0.1, 0.15) is 11.1 Å². The Morgan fingerprint density at radius 2 is 2.06 bits per heavy atom. The predicted molar refractivity (Wildman–Crippen MR) is 69.5 cm³/mol. The number of hydrogen-bond acceptors (Lipinski definition) is 3. The standard InChI is InChI=1S/C14H13N3O/c1-10-6-11(8-18)7-15-14(10)17-9-16-12-4-2-3-5-13(12)17/h2-7,9,18H,8H2,1H3. The Kier molecular flexibility index (Phi) is 2.57. The Bertz CT molecular complexity index is 703. The first kappa shape index (κ1) is 10.9. The van der Waals surface area contributed by atoms with Gasteiger partial charge in [-0.25, -0.2) is 9.97 Å². The summed E-state index contributed by atoms with van der Waals surface area (Å²) >= 11 is 0. The van der Waals surface area contributed by atoms with Gasteiger partial charge in [0.25, 0.3) is 0 Å². The Hall–Kier alpha value is -2.20. The summed E-state index contributed by atoms with van der Waals surface area (Å²) in [4.78, 5) is 8.76. The average molecular weight is 239 g/mol. The fourth-order valence-electron chi connectivity index (χ4n) is 2.09. The van der Waals surface area contributed by atoms with E-state index in [1.54, 1.807) is 12.5 Å². The number of para-hydroxylation sites is 2. The van der Waals surface area contributed by atoms with E-state index in [9.17, 15) is 0 Å². The van der Waals surface area contributed by atoms with Crippen LogP contribution in [0.2, 0.25) is 0 Å². The van der Waals surface area contributed by atoms with Crippen LogP contribution in [-0.4, -0.2) is 19.6 Å². The van der Waals surface area contributed by atoms with Gasteiger partial charge in [-0.1, -0.05) is 12.1 Å². The van der Waals surface area contributed by atoms with E-state index in [2.05, 4.69) is 9.97 Å². The molecule has 0 aliphatic rings. The highest BCUT2D eigenvalue weighted by Gasteiger charge is 2.08. The van der Waals surface area contributed by atoms with Gasteiger partial charge in [-0.2, -0.15) is 0 Å². The third-order valence-corrected chi connectivity index (χ3v) is 2.97. The van der Waals surface area contributed by atoms with Gasteiger partial charge in [-0.05, 0) is 36.2 Å². The maximum atomic E-state index is 9.10. The molecule has 1 N–H and O–H groups in total. The summed E-state index contributed by atoms with van der Waals surface area (Å²) in [5.41, 5.74) is 3.82.